The molecule has 1 aliphatic carbocycles. The van der Waals surface area contributed by atoms with E-state index in [0.717, 1.165) is 29.0 Å². The second-order valence-electron chi connectivity index (χ2n) is 6.58. The fourth-order valence-corrected chi connectivity index (χ4v) is 3.19. The Morgan fingerprint density at radius 1 is 1.40 bits per heavy atom. The van der Waals surface area contributed by atoms with E-state index < -0.39 is 0 Å². The lowest BCUT2D eigenvalue weighted by Gasteiger charge is -2.17. The highest BCUT2D eigenvalue weighted by Gasteiger charge is 2.30. The second kappa shape index (κ2) is 5.13. The van der Waals surface area contributed by atoms with Gasteiger partial charge in [-0.05, 0) is 36.8 Å². The molecule has 3 nitrogen and oxygen atoms in total. The molecule has 1 unspecified atom stereocenters. The molecule has 0 amide bonds. The fourth-order valence-electron chi connectivity index (χ4n) is 3.19. The third-order valence-electron chi connectivity index (χ3n) is 4.31. The molecule has 0 bridgehead atoms. The van der Waals surface area contributed by atoms with Crippen molar-refractivity contribution in [3.63, 3.8) is 0 Å². The number of rotatable bonds is 4. The van der Waals surface area contributed by atoms with Crippen molar-refractivity contribution in [2.45, 2.75) is 45.7 Å². The third-order valence-corrected chi connectivity index (χ3v) is 4.31. The highest BCUT2D eigenvalue weighted by molar-refractivity contribution is 5.83. The van der Waals surface area contributed by atoms with Crippen LogP contribution in [0.2, 0.25) is 0 Å². The Hall–Kier alpha value is -1.48. The van der Waals surface area contributed by atoms with Crippen molar-refractivity contribution >= 4 is 11.0 Å². The molecule has 3 rings (SSSR count). The number of furan rings is 1. The average Bonchev–Trinajstić information content (AvgIpc) is 2.98. The van der Waals surface area contributed by atoms with Crippen LogP contribution >= 0.6 is 0 Å². The molecule has 1 heterocycles. The molecule has 3 heteroatoms. The van der Waals surface area contributed by atoms with E-state index in [2.05, 4.69) is 31.3 Å². The minimum atomic E-state index is 0.481. The Morgan fingerprint density at radius 3 is 2.95 bits per heavy atom. The summed E-state index contributed by atoms with van der Waals surface area (Å²) in [7, 11) is 1.68. The average molecular weight is 273 g/mol. The van der Waals surface area contributed by atoms with Crippen molar-refractivity contribution in [2.75, 3.05) is 7.11 Å². The maximum atomic E-state index is 5.91. The Balaban J connectivity index is 1.69. The van der Waals surface area contributed by atoms with Crippen LogP contribution in [0.15, 0.2) is 28.7 Å². The van der Waals surface area contributed by atoms with Crippen molar-refractivity contribution in [3.8, 4) is 5.75 Å². The lowest BCUT2D eigenvalue weighted by Crippen LogP contribution is -2.26. The van der Waals surface area contributed by atoms with Crippen molar-refractivity contribution in [1.82, 2.24) is 5.32 Å². The summed E-state index contributed by atoms with van der Waals surface area (Å²) in [6.07, 6.45) is 3.81. The lowest BCUT2D eigenvalue weighted by atomic mass is 9.92. The zero-order chi connectivity index (χ0) is 14.2. The van der Waals surface area contributed by atoms with Gasteiger partial charge in [0.2, 0.25) is 0 Å². The first-order chi connectivity index (χ1) is 9.57. The summed E-state index contributed by atoms with van der Waals surface area (Å²) in [5.41, 5.74) is 1.33. The van der Waals surface area contributed by atoms with Gasteiger partial charge < -0.3 is 14.5 Å². The minimum Gasteiger partial charge on any atom is -0.493 e. The highest BCUT2D eigenvalue weighted by atomic mass is 16.5. The van der Waals surface area contributed by atoms with Gasteiger partial charge in [0, 0.05) is 11.4 Å². The van der Waals surface area contributed by atoms with Crippen LogP contribution in [0, 0.1) is 5.41 Å². The SMILES string of the molecule is COc1cccc2cc(CNC3CCC(C)(C)C3)oc12. The van der Waals surface area contributed by atoms with Crippen molar-refractivity contribution in [1.29, 1.82) is 0 Å². The number of hydrogen-bond donors (Lipinski definition) is 1. The summed E-state index contributed by atoms with van der Waals surface area (Å²) in [4.78, 5) is 0. The van der Waals surface area contributed by atoms with Gasteiger partial charge in [0.25, 0.3) is 0 Å². The molecular weight excluding hydrogens is 250 g/mol. The van der Waals surface area contributed by atoms with Crippen LogP contribution in [0.1, 0.15) is 38.9 Å². The molecule has 0 radical (unpaired) electrons. The standard InChI is InChI=1S/C17H23NO2/c1-17(2)8-7-13(10-17)18-11-14-9-12-5-4-6-15(19-3)16(12)20-14/h4-6,9,13,18H,7-8,10-11H2,1-3H3. The summed E-state index contributed by atoms with van der Waals surface area (Å²) in [5, 5.41) is 4.72. The molecule has 0 aliphatic heterocycles. The molecule has 1 fully saturated rings. The fraction of sp³-hybridized carbons (Fsp3) is 0.529. The summed E-state index contributed by atoms with van der Waals surface area (Å²) in [6.45, 7) is 5.49. The van der Waals surface area contributed by atoms with Gasteiger partial charge in [0.1, 0.15) is 5.76 Å². The molecular formula is C17H23NO2. The number of hydrogen-bond acceptors (Lipinski definition) is 3. The van der Waals surface area contributed by atoms with Crippen LogP contribution in [0.3, 0.4) is 0 Å². The normalized spacial score (nSPS) is 21.4. The molecule has 1 N–H and O–H groups in total. The van der Waals surface area contributed by atoms with Gasteiger partial charge in [-0.15, -0.1) is 0 Å². The number of benzene rings is 1. The summed E-state index contributed by atoms with van der Waals surface area (Å²) in [5.74, 6) is 1.78. The Bertz CT molecular complexity index is 600. The first kappa shape index (κ1) is 13.5. The first-order valence-electron chi connectivity index (χ1n) is 7.36. The van der Waals surface area contributed by atoms with E-state index in [1.165, 1.54) is 19.3 Å². The largest absolute Gasteiger partial charge is 0.493 e. The van der Waals surface area contributed by atoms with Gasteiger partial charge in [-0.3, -0.25) is 0 Å². The van der Waals surface area contributed by atoms with E-state index >= 15 is 0 Å². The summed E-state index contributed by atoms with van der Waals surface area (Å²) < 4.78 is 11.2. The van der Waals surface area contributed by atoms with Gasteiger partial charge in [0.05, 0.1) is 13.7 Å². The van der Waals surface area contributed by atoms with Gasteiger partial charge in [-0.2, -0.15) is 0 Å². The molecule has 0 spiro atoms. The molecule has 1 aromatic carbocycles. The topological polar surface area (TPSA) is 34.4 Å². The van der Waals surface area contributed by atoms with E-state index in [1.54, 1.807) is 7.11 Å². The van der Waals surface area contributed by atoms with Crippen LogP contribution in [-0.2, 0) is 6.54 Å². The Kier molecular flexibility index (Phi) is 3.47. The van der Waals surface area contributed by atoms with Crippen molar-refractivity contribution < 1.29 is 9.15 Å². The molecule has 1 aliphatic rings. The number of nitrogens with one attached hydrogen (secondary N) is 1. The van der Waals surface area contributed by atoms with Crippen molar-refractivity contribution in [3.05, 3.63) is 30.0 Å². The smallest absolute Gasteiger partial charge is 0.176 e. The maximum absolute atomic E-state index is 5.91. The van der Waals surface area contributed by atoms with Gasteiger partial charge >= 0.3 is 0 Å². The zero-order valence-electron chi connectivity index (χ0n) is 12.5. The monoisotopic (exact) mass is 273 g/mol. The Labute approximate surface area is 120 Å². The number of fused-ring (bicyclic) bond motifs is 1. The zero-order valence-corrected chi connectivity index (χ0v) is 12.5. The summed E-state index contributed by atoms with van der Waals surface area (Å²) >= 11 is 0. The molecule has 2 aromatic rings. The molecule has 20 heavy (non-hydrogen) atoms. The van der Waals surface area contributed by atoms with Crippen LogP contribution in [0.4, 0.5) is 0 Å². The molecule has 1 saturated carbocycles. The van der Waals surface area contributed by atoms with Gasteiger partial charge in [0.15, 0.2) is 11.3 Å². The van der Waals surface area contributed by atoms with E-state index in [9.17, 15) is 0 Å². The molecule has 1 aromatic heterocycles. The van der Waals surface area contributed by atoms with Crippen LogP contribution in [0.25, 0.3) is 11.0 Å². The number of methoxy groups -OCH3 is 1. The second-order valence-corrected chi connectivity index (χ2v) is 6.58. The number of para-hydroxylation sites is 1. The highest BCUT2D eigenvalue weighted by Crippen LogP contribution is 2.37. The Morgan fingerprint density at radius 2 is 2.25 bits per heavy atom. The summed E-state index contributed by atoms with van der Waals surface area (Å²) in [6, 6.07) is 8.70. The quantitative estimate of drug-likeness (QED) is 0.910. The van der Waals surface area contributed by atoms with Crippen molar-refractivity contribution in [2.24, 2.45) is 5.41 Å². The predicted molar refractivity (Wildman–Crippen MR) is 81.0 cm³/mol. The van der Waals surface area contributed by atoms with Crippen LogP contribution in [0.5, 0.6) is 5.75 Å². The first-order valence-corrected chi connectivity index (χ1v) is 7.36. The predicted octanol–water partition coefficient (Wildman–Crippen LogP) is 4.11. The molecule has 0 saturated heterocycles. The lowest BCUT2D eigenvalue weighted by molar-refractivity contribution is 0.360. The van der Waals surface area contributed by atoms with E-state index in [0.29, 0.717) is 11.5 Å². The van der Waals surface area contributed by atoms with E-state index in [-0.39, 0.29) is 0 Å². The van der Waals surface area contributed by atoms with Crippen LogP contribution < -0.4 is 10.1 Å². The molecule has 108 valence electrons. The van der Waals surface area contributed by atoms with Gasteiger partial charge in [-0.25, -0.2) is 0 Å². The van der Waals surface area contributed by atoms with Gasteiger partial charge in [-0.1, -0.05) is 26.0 Å². The maximum Gasteiger partial charge on any atom is 0.176 e. The van der Waals surface area contributed by atoms with E-state index in [1.807, 2.05) is 12.1 Å². The molecule has 1 atom stereocenters. The third kappa shape index (κ3) is 2.68. The van der Waals surface area contributed by atoms with E-state index in [4.69, 9.17) is 9.15 Å². The number of ether oxygens (including phenoxy) is 1. The minimum absolute atomic E-state index is 0.481. The van der Waals surface area contributed by atoms with Crippen LogP contribution in [-0.4, -0.2) is 13.2 Å².